The van der Waals surface area contributed by atoms with E-state index in [0.29, 0.717) is 17.1 Å². The van der Waals surface area contributed by atoms with Crippen molar-refractivity contribution in [2.75, 3.05) is 26.2 Å². The maximum atomic E-state index is 11.9. The molecule has 2 rings (SSSR count). The van der Waals surface area contributed by atoms with Gasteiger partial charge in [0, 0.05) is 23.7 Å². The minimum Gasteiger partial charge on any atom is -0.351 e. The number of carbonyl (C=O) groups is 1. The highest BCUT2D eigenvalue weighted by molar-refractivity contribution is 6.31. The summed E-state index contributed by atoms with van der Waals surface area (Å²) in [5, 5.41) is 3.65. The zero-order valence-corrected chi connectivity index (χ0v) is 13.5. The normalized spacial score (nSPS) is 14.6. The van der Waals surface area contributed by atoms with E-state index in [1.807, 2.05) is 26.8 Å². The van der Waals surface area contributed by atoms with Gasteiger partial charge in [-0.3, -0.25) is 4.79 Å². The number of aryl methyl sites for hydroxylation is 1. The molecule has 0 radical (unpaired) electrons. The average molecular weight is 297 g/mol. The van der Waals surface area contributed by atoms with Crippen LogP contribution in [0.25, 0.3) is 0 Å². The summed E-state index contributed by atoms with van der Waals surface area (Å²) in [6.45, 7) is 9.88. The van der Waals surface area contributed by atoms with Crippen LogP contribution in [0.1, 0.15) is 42.6 Å². The van der Waals surface area contributed by atoms with Gasteiger partial charge in [-0.1, -0.05) is 25.4 Å². The summed E-state index contributed by atoms with van der Waals surface area (Å²) in [5.41, 5.74) is 1.61. The van der Waals surface area contributed by atoms with E-state index in [0.717, 1.165) is 25.2 Å². The molecule has 3 nitrogen and oxygen atoms in total. The molecule has 1 aromatic rings. The maximum absolute atomic E-state index is 11.9. The third-order valence-corrected chi connectivity index (χ3v) is 3.76. The Morgan fingerprint density at radius 2 is 1.95 bits per heavy atom. The highest BCUT2D eigenvalue weighted by Gasteiger charge is 2.11. The number of nitrogens with zero attached hydrogens (tertiary/aromatic N) is 1. The van der Waals surface area contributed by atoms with E-state index in [1.54, 1.807) is 12.1 Å². The summed E-state index contributed by atoms with van der Waals surface area (Å²) in [7, 11) is 0. The quantitative estimate of drug-likeness (QED) is 0.922. The molecule has 1 amide bonds. The van der Waals surface area contributed by atoms with Crippen LogP contribution in [0.3, 0.4) is 0 Å². The molecule has 0 unspecified atom stereocenters. The molecule has 4 heteroatoms. The number of hydrogen-bond donors (Lipinski definition) is 1. The van der Waals surface area contributed by atoms with Gasteiger partial charge in [0.2, 0.25) is 0 Å². The van der Waals surface area contributed by atoms with Gasteiger partial charge in [-0.15, -0.1) is 0 Å². The first-order valence-corrected chi connectivity index (χ1v) is 7.81. The van der Waals surface area contributed by atoms with Gasteiger partial charge in [-0.2, -0.15) is 0 Å². The zero-order valence-electron chi connectivity index (χ0n) is 12.7. The van der Waals surface area contributed by atoms with Crippen LogP contribution in [0.4, 0.5) is 0 Å². The van der Waals surface area contributed by atoms with Gasteiger partial charge in [0.15, 0.2) is 0 Å². The standard InChI is InChI=1S/C14H19ClN2O.C2H6/c1-11-10-12(4-5-13(11)15)14(18)16-6-9-17-7-2-3-8-17;1-2/h4-5,10H,2-3,6-9H2,1H3,(H,16,18);1-2H3. The average Bonchev–Trinajstić information content (AvgIpc) is 2.97. The van der Waals surface area contributed by atoms with Gasteiger partial charge < -0.3 is 10.2 Å². The molecule has 0 aromatic heterocycles. The lowest BCUT2D eigenvalue weighted by Crippen LogP contribution is -2.33. The molecule has 0 bridgehead atoms. The monoisotopic (exact) mass is 296 g/mol. The van der Waals surface area contributed by atoms with E-state index >= 15 is 0 Å². The van der Waals surface area contributed by atoms with E-state index in [9.17, 15) is 4.79 Å². The molecule has 1 fully saturated rings. The van der Waals surface area contributed by atoms with Crippen molar-refractivity contribution in [1.82, 2.24) is 10.2 Å². The summed E-state index contributed by atoms with van der Waals surface area (Å²) in [4.78, 5) is 14.3. The van der Waals surface area contributed by atoms with Crippen molar-refractivity contribution in [2.24, 2.45) is 0 Å². The lowest BCUT2D eigenvalue weighted by Gasteiger charge is -2.14. The SMILES string of the molecule is CC.Cc1cc(C(=O)NCCN2CCCC2)ccc1Cl. The third-order valence-electron chi connectivity index (χ3n) is 3.33. The molecular formula is C16H25ClN2O. The van der Waals surface area contributed by atoms with Crippen LogP contribution in [0.15, 0.2) is 18.2 Å². The summed E-state index contributed by atoms with van der Waals surface area (Å²) in [5.74, 6) is -0.0195. The van der Waals surface area contributed by atoms with E-state index in [-0.39, 0.29) is 5.91 Å². The first-order chi connectivity index (χ1) is 9.66. The first kappa shape index (κ1) is 17.0. The van der Waals surface area contributed by atoms with Crippen molar-refractivity contribution in [3.63, 3.8) is 0 Å². The Hall–Kier alpha value is -1.06. The van der Waals surface area contributed by atoms with E-state index < -0.39 is 0 Å². The minimum atomic E-state index is -0.0195. The van der Waals surface area contributed by atoms with E-state index in [1.165, 1.54) is 12.8 Å². The fourth-order valence-electron chi connectivity index (χ4n) is 2.22. The molecule has 0 spiro atoms. The number of benzene rings is 1. The molecule has 1 saturated heterocycles. The number of hydrogen-bond acceptors (Lipinski definition) is 2. The lowest BCUT2D eigenvalue weighted by molar-refractivity contribution is 0.0949. The molecule has 0 saturated carbocycles. The predicted molar refractivity (Wildman–Crippen MR) is 85.5 cm³/mol. The highest BCUT2D eigenvalue weighted by atomic mass is 35.5. The molecular weight excluding hydrogens is 272 g/mol. The third kappa shape index (κ3) is 5.14. The van der Waals surface area contributed by atoms with Gasteiger partial charge in [-0.25, -0.2) is 0 Å². The number of amides is 1. The Labute approximate surface area is 127 Å². The second-order valence-electron chi connectivity index (χ2n) is 4.77. The van der Waals surface area contributed by atoms with Crippen molar-refractivity contribution in [3.05, 3.63) is 34.3 Å². The molecule has 112 valence electrons. The maximum Gasteiger partial charge on any atom is 0.251 e. The Balaban J connectivity index is 0.000000956. The van der Waals surface area contributed by atoms with Crippen LogP contribution in [-0.2, 0) is 0 Å². The van der Waals surface area contributed by atoms with E-state index in [2.05, 4.69) is 10.2 Å². The molecule has 20 heavy (non-hydrogen) atoms. The first-order valence-electron chi connectivity index (χ1n) is 7.43. The second-order valence-corrected chi connectivity index (χ2v) is 5.18. The Morgan fingerprint density at radius 3 is 2.55 bits per heavy atom. The van der Waals surface area contributed by atoms with Crippen molar-refractivity contribution in [2.45, 2.75) is 33.6 Å². The van der Waals surface area contributed by atoms with Crippen molar-refractivity contribution >= 4 is 17.5 Å². The summed E-state index contributed by atoms with van der Waals surface area (Å²) < 4.78 is 0. The van der Waals surface area contributed by atoms with Crippen LogP contribution in [0, 0.1) is 6.92 Å². The van der Waals surface area contributed by atoms with Gasteiger partial charge in [0.05, 0.1) is 0 Å². The fourth-order valence-corrected chi connectivity index (χ4v) is 2.34. The van der Waals surface area contributed by atoms with Crippen LogP contribution < -0.4 is 5.32 Å². The lowest BCUT2D eigenvalue weighted by atomic mass is 10.1. The zero-order chi connectivity index (χ0) is 15.0. The minimum absolute atomic E-state index is 0.0195. The Bertz CT molecular complexity index is 428. The Kier molecular flexibility index (Phi) is 7.63. The van der Waals surface area contributed by atoms with Crippen LogP contribution >= 0.6 is 11.6 Å². The summed E-state index contributed by atoms with van der Waals surface area (Å²) >= 11 is 5.94. The van der Waals surface area contributed by atoms with Gasteiger partial charge in [0.25, 0.3) is 5.91 Å². The van der Waals surface area contributed by atoms with E-state index in [4.69, 9.17) is 11.6 Å². The van der Waals surface area contributed by atoms with Crippen LogP contribution in [0.2, 0.25) is 5.02 Å². The molecule has 1 aliphatic rings. The number of likely N-dealkylation sites (tertiary alicyclic amines) is 1. The van der Waals surface area contributed by atoms with Gasteiger partial charge in [-0.05, 0) is 56.6 Å². The van der Waals surface area contributed by atoms with Crippen molar-refractivity contribution in [3.8, 4) is 0 Å². The molecule has 0 atom stereocenters. The largest absolute Gasteiger partial charge is 0.351 e. The second kappa shape index (κ2) is 8.98. The number of rotatable bonds is 4. The topological polar surface area (TPSA) is 32.3 Å². The predicted octanol–water partition coefficient (Wildman–Crippen LogP) is 3.50. The van der Waals surface area contributed by atoms with Gasteiger partial charge in [0.1, 0.15) is 0 Å². The van der Waals surface area contributed by atoms with Crippen molar-refractivity contribution in [1.29, 1.82) is 0 Å². The van der Waals surface area contributed by atoms with Crippen LogP contribution in [0.5, 0.6) is 0 Å². The number of nitrogens with one attached hydrogen (secondary N) is 1. The summed E-state index contributed by atoms with van der Waals surface area (Å²) in [6.07, 6.45) is 2.56. The molecule has 1 aliphatic heterocycles. The number of halogens is 1. The van der Waals surface area contributed by atoms with Crippen molar-refractivity contribution < 1.29 is 4.79 Å². The molecule has 1 heterocycles. The smallest absolute Gasteiger partial charge is 0.251 e. The summed E-state index contributed by atoms with van der Waals surface area (Å²) in [6, 6.07) is 5.36. The molecule has 0 aliphatic carbocycles. The molecule has 1 aromatic carbocycles. The van der Waals surface area contributed by atoms with Crippen LogP contribution in [-0.4, -0.2) is 37.0 Å². The molecule has 1 N–H and O–H groups in total. The number of carbonyl (C=O) groups excluding carboxylic acids is 1. The van der Waals surface area contributed by atoms with Gasteiger partial charge >= 0.3 is 0 Å². The highest BCUT2D eigenvalue weighted by Crippen LogP contribution is 2.16. The Morgan fingerprint density at radius 1 is 1.30 bits per heavy atom. The fraction of sp³-hybridized carbons (Fsp3) is 0.562.